The lowest BCUT2D eigenvalue weighted by atomic mass is 10.1. The molecule has 0 saturated heterocycles. The summed E-state index contributed by atoms with van der Waals surface area (Å²) < 4.78 is 1.55. The molecular formula is C20H20N2O2. The Morgan fingerprint density at radius 3 is 2.50 bits per heavy atom. The lowest BCUT2D eigenvalue weighted by molar-refractivity contribution is -0.121. The van der Waals surface area contributed by atoms with E-state index in [1.165, 1.54) is 0 Å². The molecular weight excluding hydrogens is 300 g/mol. The Labute approximate surface area is 140 Å². The maximum atomic E-state index is 12.4. The van der Waals surface area contributed by atoms with Crippen molar-refractivity contribution in [2.75, 3.05) is 0 Å². The average Bonchev–Trinajstić information content (AvgIpc) is 2.58. The minimum absolute atomic E-state index is 0.0211. The molecule has 0 atom stereocenters. The second-order valence-electron chi connectivity index (χ2n) is 5.99. The molecule has 3 rings (SSSR count). The van der Waals surface area contributed by atoms with Crippen LogP contribution in [0.15, 0.2) is 59.4 Å². The molecule has 0 spiro atoms. The van der Waals surface area contributed by atoms with Crippen molar-refractivity contribution in [3.63, 3.8) is 0 Å². The molecule has 0 saturated carbocycles. The summed E-state index contributed by atoms with van der Waals surface area (Å²) in [7, 11) is 0. The van der Waals surface area contributed by atoms with Crippen molar-refractivity contribution >= 4 is 16.8 Å². The lowest BCUT2D eigenvalue weighted by Gasteiger charge is -2.14. The van der Waals surface area contributed by atoms with Crippen molar-refractivity contribution in [3.8, 4) is 0 Å². The zero-order valence-electron chi connectivity index (χ0n) is 13.9. The van der Waals surface area contributed by atoms with Crippen LogP contribution in [0, 0.1) is 13.8 Å². The third-order valence-electron chi connectivity index (χ3n) is 4.17. The standard InChI is InChI=1S/C20H20N2O2/c1-14-7-6-10-17-15(2)11-19(24)22(20(14)17)13-18(23)21-12-16-8-4-3-5-9-16/h3-11H,12-13H2,1-2H3,(H,21,23). The van der Waals surface area contributed by atoms with Gasteiger partial charge in [-0.1, -0.05) is 48.5 Å². The molecule has 0 aliphatic heterocycles. The molecule has 0 aliphatic rings. The number of carbonyl (C=O) groups is 1. The summed E-state index contributed by atoms with van der Waals surface area (Å²) in [4.78, 5) is 24.7. The Kier molecular flexibility index (Phi) is 4.47. The Morgan fingerprint density at radius 1 is 1.00 bits per heavy atom. The average molecular weight is 320 g/mol. The van der Waals surface area contributed by atoms with Gasteiger partial charge < -0.3 is 5.32 Å². The van der Waals surface area contributed by atoms with Crippen molar-refractivity contribution in [2.24, 2.45) is 0 Å². The summed E-state index contributed by atoms with van der Waals surface area (Å²) in [6.45, 7) is 4.35. The van der Waals surface area contributed by atoms with Crippen LogP contribution in [-0.4, -0.2) is 10.5 Å². The van der Waals surface area contributed by atoms with Gasteiger partial charge in [0.2, 0.25) is 5.91 Å². The van der Waals surface area contributed by atoms with Crippen LogP contribution in [0.25, 0.3) is 10.9 Å². The molecule has 1 aromatic heterocycles. The first-order chi connectivity index (χ1) is 11.6. The monoisotopic (exact) mass is 320 g/mol. The zero-order valence-corrected chi connectivity index (χ0v) is 13.9. The number of nitrogens with zero attached hydrogens (tertiary/aromatic N) is 1. The summed E-state index contributed by atoms with van der Waals surface area (Å²) in [5.74, 6) is -0.172. The number of aromatic nitrogens is 1. The number of carbonyl (C=O) groups excluding carboxylic acids is 1. The maximum absolute atomic E-state index is 12.4. The van der Waals surface area contributed by atoms with Gasteiger partial charge in [-0.25, -0.2) is 0 Å². The highest BCUT2D eigenvalue weighted by atomic mass is 16.2. The molecule has 4 nitrogen and oxygen atoms in total. The number of nitrogens with one attached hydrogen (secondary N) is 1. The van der Waals surface area contributed by atoms with Crippen LogP contribution in [0.1, 0.15) is 16.7 Å². The van der Waals surface area contributed by atoms with E-state index in [9.17, 15) is 9.59 Å². The van der Waals surface area contributed by atoms with Crippen LogP contribution in [0.3, 0.4) is 0 Å². The normalized spacial score (nSPS) is 10.8. The minimum Gasteiger partial charge on any atom is -0.350 e. The fourth-order valence-corrected chi connectivity index (χ4v) is 2.94. The minimum atomic E-state index is -0.172. The van der Waals surface area contributed by atoms with Crippen LogP contribution in [0.4, 0.5) is 0 Å². The molecule has 0 bridgehead atoms. The number of rotatable bonds is 4. The first-order valence-corrected chi connectivity index (χ1v) is 7.96. The number of aryl methyl sites for hydroxylation is 2. The van der Waals surface area contributed by atoms with Gasteiger partial charge in [-0.2, -0.15) is 0 Å². The van der Waals surface area contributed by atoms with Gasteiger partial charge in [-0.3, -0.25) is 14.2 Å². The highest BCUT2D eigenvalue weighted by molar-refractivity contribution is 5.86. The molecule has 0 radical (unpaired) electrons. The summed E-state index contributed by atoms with van der Waals surface area (Å²) in [6.07, 6.45) is 0. The van der Waals surface area contributed by atoms with Crippen molar-refractivity contribution in [2.45, 2.75) is 26.9 Å². The van der Waals surface area contributed by atoms with E-state index in [0.29, 0.717) is 6.54 Å². The van der Waals surface area contributed by atoms with Crippen molar-refractivity contribution < 1.29 is 4.79 Å². The van der Waals surface area contributed by atoms with E-state index in [0.717, 1.165) is 27.6 Å². The number of hydrogen-bond donors (Lipinski definition) is 1. The van der Waals surface area contributed by atoms with E-state index in [4.69, 9.17) is 0 Å². The molecule has 0 unspecified atom stereocenters. The number of amides is 1. The van der Waals surface area contributed by atoms with E-state index in [-0.39, 0.29) is 18.0 Å². The highest BCUT2D eigenvalue weighted by Gasteiger charge is 2.11. The predicted octanol–water partition coefficient (Wildman–Crippen LogP) is 2.93. The fraction of sp³-hybridized carbons (Fsp3) is 0.200. The number of fused-ring (bicyclic) bond motifs is 1. The van der Waals surface area contributed by atoms with Gasteiger partial charge in [0, 0.05) is 18.0 Å². The Balaban J connectivity index is 1.87. The second kappa shape index (κ2) is 6.71. The van der Waals surface area contributed by atoms with Crippen LogP contribution >= 0.6 is 0 Å². The van der Waals surface area contributed by atoms with Gasteiger partial charge in [0.25, 0.3) is 5.56 Å². The molecule has 4 heteroatoms. The van der Waals surface area contributed by atoms with Crippen molar-refractivity contribution in [3.05, 3.63) is 81.6 Å². The first kappa shape index (κ1) is 16.0. The Hall–Kier alpha value is -2.88. The molecule has 122 valence electrons. The largest absolute Gasteiger partial charge is 0.350 e. The number of hydrogen-bond acceptors (Lipinski definition) is 2. The molecule has 1 N–H and O–H groups in total. The first-order valence-electron chi connectivity index (χ1n) is 7.96. The predicted molar refractivity (Wildman–Crippen MR) is 96.0 cm³/mol. The zero-order chi connectivity index (χ0) is 17.1. The van der Waals surface area contributed by atoms with E-state index in [1.54, 1.807) is 10.6 Å². The highest BCUT2D eigenvalue weighted by Crippen LogP contribution is 2.19. The molecule has 24 heavy (non-hydrogen) atoms. The lowest BCUT2D eigenvalue weighted by Crippen LogP contribution is -2.32. The molecule has 3 aromatic rings. The second-order valence-corrected chi connectivity index (χ2v) is 5.99. The third-order valence-corrected chi connectivity index (χ3v) is 4.17. The smallest absolute Gasteiger partial charge is 0.251 e. The van der Waals surface area contributed by atoms with E-state index in [2.05, 4.69) is 5.32 Å². The summed E-state index contributed by atoms with van der Waals surface area (Å²) in [6, 6.07) is 17.2. The van der Waals surface area contributed by atoms with Gasteiger partial charge in [0.1, 0.15) is 6.54 Å². The summed E-state index contributed by atoms with van der Waals surface area (Å²) in [5, 5.41) is 3.88. The summed E-state index contributed by atoms with van der Waals surface area (Å²) in [5.41, 5.74) is 3.63. The molecule has 1 heterocycles. The fourth-order valence-electron chi connectivity index (χ4n) is 2.94. The maximum Gasteiger partial charge on any atom is 0.251 e. The van der Waals surface area contributed by atoms with Crippen LogP contribution in [0.2, 0.25) is 0 Å². The van der Waals surface area contributed by atoms with E-state index < -0.39 is 0 Å². The molecule has 2 aromatic carbocycles. The van der Waals surface area contributed by atoms with Gasteiger partial charge >= 0.3 is 0 Å². The number of para-hydroxylation sites is 1. The van der Waals surface area contributed by atoms with Crippen LogP contribution in [-0.2, 0) is 17.9 Å². The van der Waals surface area contributed by atoms with Crippen molar-refractivity contribution in [1.82, 2.24) is 9.88 Å². The molecule has 0 aliphatic carbocycles. The van der Waals surface area contributed by atoms with Gasteiger partial charge in [0.05, 0.1) is 5.52 Å². The molecule has 0 fully saturated rings. The van der Waals surface area contributed by atoms with Gasteiger partial charge in [-0.05, 0) is 30.5 Å². The van der Waals surface area contributed by atoms with E-state index in [1.807, 2.05) is 62.4 Å². The quantitative estimate of drug-likeness (QED) is 0.803. The van der Waals surface area contributed by atoms with Gasteiger partial charge in [0.15, 0.2) is 0 Å². The van der Waals surface area contributed by atoms with Crippen LogP contribution < -0.4 is 10.9 Å². The Bertz CT molecular complexity index is 943. The number of pyridine rings is 1. The SMILES string of the molecule is Cc1cc(=O)n(CC(=O)NCc2ccccc2)c2c(C)cccc12. The third kappa shape index (κ3) is 3.23. The van der Waals surface area contributed by atoms with Crippen molar-refractivity contribution in [1.29, 1.82) is 0 Å². The van der Waals surface area contributed by atoms with E-state index >= 15 is 0 Å². The topological polar surface area (TPSA) is 51.1 Å². The summed E-state index contributed by atoms with van der Waals surface area (Å²) >= 11 is 0. The Morgan fingerprint density at radius 2 is 1.75 bits per heavy atom. The number of benzene rings is 2. The molecule has 1 amide bonds. The van der Waals surface area contributed by atoms with Crippen LogP contribution in [0.5, 0.6) is 0 Å². The van der Waals surface area contributed by atoms with Gasteiger partial charge in [-0.15, -0.1) is 0 Å².